The summed E-state index contributed by atoms with van der Waals surface area (Å²) in [5, 5.41) is 0. The molecule has 0 radical (unpaired) electrons. The van der Waals surface area contributed by atoms with Gasteiger partial charge in [-0.1, -0.05) is 0 Å². The molecule has 1 saturated carbocycles. The number of ether oxygens (including phenoxy) is 1. The van der Waals surface area contributed by atoms with E-state index in [1.54, 1.807) is 17.0 Å². The molecule has 2 N–H and O–H groups in total. The molecule has 0 aliphatic heterocycles. The molecular formula is C11H17N3O2. The maximum absolute atomic E-state index is 11.9. The molecule has 0 bridgehead atoms. The second-order valence-corrected chi connectivity index (χ2v) is 4.51. The molecule has 0 unspecified atom stereocenters. The van der Waals surface area contributed by atoms with Crippen molar-refractivity contribution in [1.29, 1.82) is 0 Å². The first-order valence-electron chi connectivity index (χ1n) is 5.57. The van der Waals surface area contributed by atoms with Crippen LogP contribution in [0.2, 0.25) is 0 Å². The third kappa shape index (κ3) is 2.09. The zero-order valence-corrected chi connectivity index (χ0v) is 9.59. The Kier molecular flexibility index (Phi) is 2.96. The van der Waals surface area contributed by atoms with Crippen LogP contribution in [0.25, 0.3) is 0 Å². The summed E-state index contributed by atoms with van der Waals surface area (Å²) in [6.45, 7) is 3.90. The van der Waals surface area contributed by atoms with E-state index < -0.39 is 0 Å². The van der Waals surface area contributed by atoms with E-state index in [9.17, 15) is 4.79 Å². The van der Waals surface area contributed by atoms with Gasteiger partial charge in [-0.15, -0.1) is 0 Å². The lowest BCUT2D eigenvalue weighted by atomic mass is 9.90. The van der Waals surface area contributed by atoms with Gasteiger partial charge in [-0.05, 0) is 26.7 Å². The molecule has 2 rings (SSSR count). The first-order valence-corrected chi connectivity index (χ1v) is 5.57. The molecule has 0 aromatic carbocycles. The van der Waals surface area contributed by atoms with Gasteiger partial charge in [0.05, 0.1) is 0 Å². The highest BCUT2D eigenvalue weighted by Crippen LogP contribution is 2.21. The van der Waals surface area contributed by atoms with Gasteiger partial charge >= 0.3 is 5.56 Å². The Labute approximate surface area is 94.2 Å². The summed E-state index contributed by atoms with van der Waals surface area (Å²) in [4.78, 5) is 15.9. The Balaban J connectivity index is 2.15. The monoisotopic (exact) mass is 223 g/mol. The van der Waals surface area contributed by atoms with E-state index in [4.69, 9.17) is 10.5 Å². The minimum Gasteiger partial charge on any atom is -0.470 e. The van der Waals surface area contributed by atoms with Crippen LogP contribution >= 0.6 is 0 Å². The van der Waals surface area contributed by atoms with Crippen molar-refractivity contribution in [3.8, 4) is 5.88 Å². The average molecular weight is 223 g/mol. The normalized spacial score (nSPS) is 24.2. The topological polar surface area (TPSA) is 70.1 Å². The lowest BCUT2D eigenvalue weighted by Crippen LogP contribution is -2.44. The first-order chi connectivity index (χ1) is 7.58. The van der Waals surface area contributed by atoms with Crippen molar-refractivity contribution in [2.24, 2.45) is 5.73 Å². The maximum Gasteiger partial charge on any atom is 0.313 e. The van der Waals surface area contributed by atoms with E-state index in [1.165, 1.54) is 0 Å². The van der Waals surface area contributed by atoms with Crippen molar-refractivity contribution in [1.82, 2.24) is 9.55 Å². The van der Waals surface area contributed by atoms with Crippen LogP contribution in [0.5, 0.6) is 5.88 Å². The van der Waals surface area contributed by atoms with Gasteiger partial charge in [-0.25, -0.2) is 4.98 Å². The summed E-state index contributed by atoms with van der Waals surface area (Å²) < 4.78 is 7.13. The lowest BCUT2D eigenvalue weighted by Gasteiger charge is -2.31. The second-order valence-electron chi connectivity index (χ2n) is 4.51. The van der Waals surface area contributed by atoms with E-state index in [1.807, 2.05) is 13.8 Å². The van der Waals surface area contributed by atoms with Crippen LogP contribution in [0.3, 0.4) is 0 Å². The molecule has 1 aliphatic carbocycles. The predicted molar refractivity (Wildman–Crippen MR) is 60.5 cm³/mol. The van der Waals surface area contributed by atoms with Gasteiger partial charge in [0.25, 0.3) is 5.88 Å². The van der Waals surface area contributed by atoms with Gasteiger partial charge < -0.3 is 15.0 Å². The van der Waals surface area contributed by atoms with Crippen molar-refractivity contribution < 1.29 is 4.74 Å². The van der Waals surface area contributed by atoms with E-state index in [0.29, 0.717) is 0 Å². The Hall–Kier alpha value is -1.36. The fraction of sp³-hybridized carbons (Fsp3) is 0.636. The molecule has 16 heavy (non-hydrogen) atoms. The Bertz CT molecular complexity index is 421. The lowest BCUT2D eigenvalue weighted by molar-refractivity contribution is 0.0930. The molecule has 0 saturated heterocycles. The minimum atomic E-state index is -0.169. The molecule has 1 aromatic heterocycles. The number of aromatic nitrogens is 2. The minimum absolute atomic E-state index is 0.0539. The maximum atomic E-state index is 11.9. The summed E-state index contributed by atoms with van der Waals surface area (Å²) in [7, 11) is 0. The zero-order valence-electron chi connectivity index (χ0n) is 9.59. The molecular weight excluding hydrogens is 206 g/mol. The molecule has 0 spiro atoms. The summed E-state index contributed by atoms with van der Waals surface area (Å²) in [5.41, 5.74) is 5.49. The van der Waals surface area contributed by atoms with Crippen LogP contribution in [0.4, 0.5) is 0 Å². The van der Waals surface area contributed by atoms with E-state index in [0.717, 1.165) is 12.8 Å². The Morgan fingerprint density at radius 1 is 1.56 bits per heavy atom. The summed E-state index contributed by atoms with van der Waals surface area (Å²) >= 11 is 0. The van der Waals surface area contributed by atoms with Crippen LogP contribution in [-0.4, -0.2) is 21.7 Å². The highest BCUT2D eigenvalue weighted by molar-refractivity contribution is 5.07. The van der Waals surface area contributed by atoms with Gasteiger partial charge in [0, 0.05) is 24.5 Å². The molecule has 5 nitrogen and oxygen atoms in total. The molecule has 1 heterocycles. The van der Waals surface area contributed by atoms with Crippen LogP contribution in [0.1, 0.15) is 32.7 Å². The largest absolute Gasteiger partial charge is 0.470 e. The molecule has 1 fully saturated rings. The molecule has 5 heteroatoms. The zero-order chi connectivity index (χ0) is 11.7. The van der Waals surface area contributed by atoms with Crippen molar-refractivity contribution in [3.05, 3.63) is 22.7 Å². The Morgan fingerprint density at radius 3 is 2.81 bits per heavy atom. The summed E-state index contributed by atoms with van der Waals surface area (Å²) in [5.74, 6) is 0.188. The van der Waals surface area contributed by atoms with E-state index in [-0.39, 0.29) is 29.6 Å². The third-order valence-electron chi connectivity index (χ3n) is 2.80. The molecule has 0 atom stereocenters. The van der Waals surface area contributed by atoms with Gasteiger partial charge in [0.2, 0.25) is 0 Å². The predicted octanol–water partition coefficient (Wildman–Crippen LogP) is 0.693. The fourth-order valence-corrected chi connectivity index (χ4v) is 1.75. The van der Waals surface area contributed by atoms with Gasteiger partial charge in [-0.3, -0.25) is 4.79 Å². The highest BCUT2D eigenvalue weighted by atomic mass is 16.5. The van der Waals surface area contributed by atoms with Crippen molar-refractivity contribution >= 4 is 0 Å². The standard InChI is InChI=1S/C11H17N3O2/c1-7(2)14-4-3-13-10(11(14)15)16-9-5-8(12)6-9/h3-4,7-9H,5-6,12H2,1-2H3. The smallest absolute Gasteiger partial charge is 0.313 e. The van der Waals surface area contributed by atoms with Crippen molar-refractivity contribution in [3.63, 3.8) is 0 Å². The number of hydrogen-bond donors (Lipinski definition) is 1. The number of nitrogens with two attached hydrogens (primary N) is 1. The summed E-state index contributed by atoms with van der Waals surface area (Å²) in [6.07, 6.45) is 4.93. The number of rotatable bonds is 3. The average Bonchev–Trinajstić information content (AvgIpc) is 2.18. The third-order valence-corrected chi connectivity index (χ3v) is 2.80. The molecule has 1 aromatic rings. The van der Waals surface area contributed by atoms with Crippen LogP contribution < -0.4 is 16.0 Å². The van der Waals surface area contributed by atoms with E-state index >= 15 is 0 Å². The highest BCUT2D eigenvalue weighted by Gasteiger charge is 2.28. The van der Waals surface area contributed by atoms with Crippen LogP contribution in [0.15, 0.2) is 17.2 Å². The van der Waals surface area contributed by atoms with Gasteiger partial charge in [0.15, 0.2) is 0 Å². The molecule has 1 aliphatic rings. The Morgan fingerprint density at radius 2 is 2.25 bits per heavy atom. The fourth-order valence-electron chi connectivity index (χ4n) is 1.75. The van der Waals surface area contributed by atoms with E-state index in [2.05, 4.69) is 4.98 Å². The van der Waals surface area contributed by atoms with Crippen molar-refractivity contribution in [2.45, 2.75) is 44.9 Å². The number of hydrogen-bond acceptors (Lipinski definition) is 4. The quantitative estimate of drug-likeness (QED) is 0.818. The SMILES string of the molecule is CC(C)n1ccnc(OC2CC(N)C2)c1=O. The van der Waals surface area contributed by atoms with Crippen LogP contribution in [-0.2, 0) is 0 Å². The van der Waals surface area contributed by atoms with Crippen LogP contribution in [0, 0.1) is 0 Å². The first kappa shape index (κ1) is 11.1. The van der Waals surface area contributed by atoms with Crippen molar-refractivity contribution in [2.75, 3.05) is 0 Å². The molecule has 88 valence electrons. The summed E-state index contributed by atoms with van der Waals surface area (Å²) in [6, 6.07) is 0.322. The van der Waals surface area contributed by atoms with Gasteiger partial charge in [-0.2, -0.15) is 0 Å². The second kappa shape index (κ2) is 4.25. The van der Waals surface area contributed by atoms with Gasteiger partial charge in [0.1, 0.15) is 6.10 Å². The number of nitrogens with zero attached hydrogens (tertiary/aromatic N) is 2. The molecule has 0 amide bonds.